The number of anilines is 3. The Morgan fingerprint density at radius 2 is 1.32 bits per heavy atom. The molecule has 0 spiro atoms. The van der Waals surface area contributed by atoms with Gasteiger partial charge in [0.25, 0.3) is 0 Å². The first-order valence-electron chi connectivity index (χ1n) is 14.6. The first-order chi connectivity index (χ1) is 21.8. The minimum absolute atomic E-state index is 0.897. The average Bonchev–Trinajstić information content (AvgIpc) is 3.76. The Balaban J connectivity index is 1.28. The number of pyridine rings is 1. The van der Waals surface area contributed by atoms with E-state index in [1.165, 1.54) is 51.1 Å². The van der Waals surface area contributed by atoms with Crippen molar-refractivity contribution in [3.05, 3.63) is 134 Å². The number of rotatable bonds is 3. The Hall–Kier alpha value is -5.23. The molecule has 206 valence electrons. The molecular weight excluding hydrogens is 577 g/mol. The smallest absolute Gasteiger partial charge is 0.135 e. The molecule has 10 rings (SSSR count). The van der Waals surface area contributed by atoms with Crippen LogP contribution in [-0.4, -0.2) is 4.98 Å². The van der Waals surface area contributed by atoms with E-state index in [2.05, 4.69) is 119 Å². The van der Waals surface area contributed by atoms with Crippen molar-refractivity contribution in [1.29, 1.82) is 0 Å². The second-order valence-corrected chi connectivity index (χ2v) is 13.3. The fraction of sp³-hybridized carbons (Fsp3) is 0. The number of fused-ring (bicyclic) bond motifs is 11. The maximum absolute atomic E-state index is 6.22. The zero-order valence-corrected chi connectivity index (χ0v) is 25.0. The van der Waals surface area contributed by atoms with Gasteiger partial charge in [-0.05, 0) is 66.0 Å². The van der Waals surface area contributed by atoms with E-state index in [1.54, 1.807) is 0 Å². The molecule has 0 saturated carbocycles. The molecule has 5 heteroatoms. The first kappa shape index (κ1) is 24.2. The molecule has 0 atom stereocenters. The topological polar surface area (TPSA) is 29.3 Å². The Kier molecular flexibility index (Phi) is 5.03. The molecule has 3 nitrogen and oxygen atoms in total. The lowest BCUT2D eigenvalue weighted by molar-refractivity contribution is 0.669. The van der Waals surface area contributed by atoms with Gasteiger partial charge in [-0.2, -0.15) is 0 Å². The van der Waals surface area contributed by atoms with Crippen molar-refractivity contribution in [2.75, 3.05) is 4.90 Å². The number of thiophene rings is 2. The lowest BCUT2D eigenvalue weighted by Gasteiger charge is -2.26. The van der Waals surface area contributed by atoms with E-state index in [4.69, 9.17) is 4.42 Å². The molecule has 0 unspecified atom stereocenters. The van der Waals surface area contributed by atoms with Gasteiger partial charge in [-0.25, -0.2) is 0 Å². The van der Waals surface area contributed by atoms with Crippen molar-refractivity contribution >= 4 is 113 Å². The molecule has 4 heterocycles. The SMILES string of the molecule is c1ccc2c(c1)oc1ccc(N(c3ccc4c(c3)sc3ccccc34)c3cccc4c3sc3ccc5ccncc5c34)cc12. The molecule has 0 saturated heterocycles. The summed E-state index contributed by atoms with van der Waals surface area (Å²) in [5.41, 5.74) is 5.20. The minimum atomic E-state index is 0.897. The molecule has 0 radical (unpaired) electrons. The molecule has 0 aliphatic carbocycles. The monoisotopic (exact) mass is 598 g/mol. The van der Waals surface area contributed by atoms with Crippen molar-refractivity contribution in [2.24, 2.45) is 0 Å². The van der Waals surface area contributed by atoms with Crippen molar-refractivity contribution < 1.29 is 4.42 Å². The minimum Gasteiger partial charge on any atom is -0.456 e. The highest BCUT2D eigenvalue weighted by Gasteiger charge is 2.21. The number of para-hydroxylation sites is 1. The number of aromatic nitrogens is 1. The molecule has 0 amide bonds. The number of nitrogens with zero attached hydrogens (tertiary/aromatic N) is 2. The van der Waals surface area contributed by atoms with E-state index in [-0.39, 0.29) is 0 Å². The van der Waals surface area contributed by atoms with Gasteiger partial charge in [0, 0.05) is 75.6 Å². The van der Waals surface area contributed by atoms with Crippen molar-refractivity contribution in [3.8, 4) is 0 Å². The quantitative estimate of drug-likeness (QED) is 0.203. The summed E-state index contributed by atoms with van der Waals surface area (Å²) < 4.78 is 11.3. The van der Waals surface area contributed by atoms with E-state index in [0.29, 0.717) is 0 Å². The van der Waals surface area contributed by atoms with E-state index in [1.807, 2.05) is 47.2 Å². The number of hydrogen-bond acceptors (Lipinski definition) is 5. The van der Waals surface area contributed by atoms with Crippen LogP contribution in [-0.2, 0) is 0 Å². The molecule has 6 aromatic carbocycles. The Labute approximate surface area is 259 Å². The highest BCUT2D eigenvalue weighted by atomic mass is 32.1. The van der Waals surface area contributed by atoms with Gasteiger partial charge in [0.05, 0.1) is 10.4 Å². The Morgan fingerprint density at radius 3 is 2.30 bits per heavy atom. The van der Waals surface area contributed by atoms with E-state index >= 15 is 0 Å². The van der Waals surface area contributed by atoms with Crippen LogP contribution in [0.15, 0.2) is 138 Å². The second-order valence-electron chi connectivity index (χ2n) is 11.2. The van der Waals surface area contributed by atoms with Gasteiger partial charge in [-0.3, -0.25) is 4.98 Å². The average molecular weight is 599 g/mol. The van der Waals surface area contributed by atoms with Crippen LogP contribution in [0, 0.1) is 0 Å². The normalized spacial score (nSPS) is 12.1. The number of furan rings is 1. The first-order valence-corrected chi connectivity index (χ1v) is 16.2. The summed E-state index contributed by atoms with van der Waals surface area (Å²) in [4.78, 5) is 6.90. The van der Waals surface area contributed by atoms with Crippen LogP contribution in [0.25, 0.3) is 73.1 Å². The summed E-state index contributed by atoms with van der Waals surface area (Å²) in [6.07, 6.45) is 3.87. The third kappa shape index (κ3) is 3.45. The van der Waals surface area contributed by atoms with Gasteiger partial charge in [-0.15, -0.1) is 22.7 Å². The van der Waals surface area contributed by atoms with Crippen molar-refractivity contribution in [2.45, 2.75) is 0 Å². The predicted octanol–water partition coefficient (Wildman–Crippen LogP) is 12.3. The van der Waals surface area contributed by atoms with Crippen LogP contribution in [0.1, 0.15) is 0 Å². The zero-order valence-electron chi connectivity index (χ0n) is 23.3. The van der Waals surface area contributed by atoms with Crippen LogP contribution < -0.4 is 4.90 Å². The molecule has 10 aromatic rings. The third-order valence-corrected chi connectivity index (χ3v) is 11.1. The van der Waals surface area contributed by atoms with Crippen LogP contribution >= 0.6 is 22.7 Å². The fourth-order valence-corrected chi connectivity index (χ4v) is 9.11. The van der Waals surface area contributed by atoms with Crippen molar-refractivity contribution in [1.82, 2.24) is 4.98 Å². The number of benzene rings is 6. The molecule has 0 bridgehead atoms. The van der Waals surface area contributed by atoms with Crippen LogP contribution in [0.4, 0.5) is 17.1 Å². The van der Waals surface area contributed by atoms with Crippen LogP contribution in [0.5, 0.6) is 0 Å². The summed E-state index contributed by atoms with van der Waals surface area (Å²) >= 11 is 3.70. The zero-order chi connectivity index (χ0) is 28.8. The van der Waals surface area contributed by atoms with Crippen molar-refractivity contribution in [3.63, 3.8) is 0 Å². The Bertz CT molecular complexity index is 2750. The van der Waals surface area contributed by atoms with E-state index in [0.717, 1.165) is 39.0 Å². The number of hydrogen-bond donors (Lipinski definition) is 0. The van der Waals surface area contributed by atoms with Crippen LogP contribution in [0.2, 0.25) is 0 Å². The summed E-state index contributed by atoms with van der Waals surface area (Å²) in [5, 5.41) is 9.78. The summed E-state index contributed by atoms with van der Waals surface area (Å²) in [6.45, 7) is 0. The predicted molar refractivity (Wildman–Crippen MR) is 189 cm³/mol. The molecule has 4 aromatic heterocycles. The lowest BCUT2D eigenvalue weighted by Crippen LogP contribution is -2.09. The van der Waals surface area contributed by atoms with E-state index in [9.17, 15) is 0 Å². The van der Waals surface area contributed by atoms with Crippen LogP contribution in [0.3, 0.4) is 0 Å². The molecule has 0 N–H and O–H groups in total. The van der Waals surface area contributed by atoms with Gasteiger partial charge in [0.15, 0.2) is 0 Å². The van der Waals surface area contributed by atoms with Gasteiger partial charge in [-0.1, -0.05) is 60.7 Å². The summed E-state index contributed by atoms with van der Waals surface area (Å²) in [7, 11) is 0. The maximum atomic E-state index is 6.22. The molecule has 0 fully saturated rings. The maximum Gasteiger partial charge on any atom is 0.135 e. The van der Waals surface area contributed by atoms with Gasteiger partial charge in [0.2, 0.25) is 0 Å². The third-order valence-electron chi connectivity index (χ3n) is 8.74. The standard InChI is InChI=1S/C39H22N2OS2/c1-3-10-33-26(6-1)30-20-24(14-16-34(30)42-33)41(25-13-15-28-27-7-2-4-11-35(27)43-37(28)21-25)32-9-5-8-29-38-31-22-40-19-18-23(31)12-17-36(38)44-39(29)32/h1-22H. The molecule has 44 heavy (non-hydrogen) atoms. The molecule has 0 aliphatic heterocycles. The van der Waals surface area contributed by atoms with Gasteiger partial charge >= 0.3 is 0 Å². The highest BCUT2D eigenvalue weighted by Crippen LogP contribution is 2.48. The van der Waals surface area contributed by atoms with E-state index < -0.39 is 0 Å². The van der Waals surface area contributed by atoms with Gasteiger partial charge < -0.3 is 9.32 Å². The fourth-order valence-electron chi connectivity index (χ4n) is 6.75. The second kappa shape index (κ2) is 9.13. The Morgan fingerprint density at radius 1 is 0.523 bits per heavy atom. The van der Waals surface area contributed by atoms with Gasteiger partial charge in [0.1, 0.15) is 11.2 Å². The summed E-state index contributed by atoms with van der Waals surface area (Å²) in [6, 6.07) is 43.7. The molecule has 0 aliphatic rings. The largest absolute Gasteiger partial charge is 0.456 e. The molecular formula is C39H22N2OS2. The highest BCUT2D eigenvalue weighted by molar-refractivity contribution is 7.26. The summed E-state index contributed by atoms with van der Waals surface area (Å²) in [5.74, 6) is 0. The lowest BCUT2D eigenvalue weighted by atomic mass is 10.0.